The summed E-state index contributed by atoms with van der Waals surface area (Å²) in [6.45, 7) is 0. The molecule has 0 radical (unpaired) electrons. The second-order valence-electron chi connectivity index (χ2n) is 1.61. The van der Waals surface area contributed by atoms with Gasteiger partial charge in [0.05, 0.1) is 9.90 Å². The zero-order valence-electron chi connectivity index (χ0n) is 4.93. The number of hydrazine groups is 1. The van der Waals surface area contributed by atoms with E-state index in [1.807, 2.05) is 5.43 Å². The zero-order valence-corrected chi connectivity index (χ0v) is 6.50. The van der Waals surface area contributed by atoms with Crippen molar-refractivity contribution in [2.75, 3.05) is 0 Å². The predicted molar refractivity (Wildman–Crippen MR) is 41.0 cm³/mol. The molecule has 0 aliphatic carbocycles. The van der Waals surface area contributed by atoms with Gasteiger partial charge in [-0.15, -0.1) is 11.3 Å². The molecule has 3 N–H and O–H groups in total. The number of hydrogen-bond acceptors (Lipinski definition) is 3. The maximum atomic E-state index is 10.7. The van der Waals surface area contributed by atoms with Crippen molar-refractivity contribution in [1.82, 2.24) is 5.43 Å². The number of carbonyl (C=O) groups is 1. The maximum absolute atomic E-state index is 10.7. The Bertz CT molecular complexity index is 248. The van der Waals surface area contributed by atoms with E-state index < -0.39 is 0 Å². The molecule has 0 bridgehead atoms. The average Bonchev–Trinajstić information content (AvgIpc) is 2.34. The van der Waals surface area contributed by atoms with Crippen LogP contribution in [0.5, 0.6) is 0 Å². The highest BCUT2D eigenvalue weighted by atomic mass is 35.5. The Morgan fingerprint density at radius 3 is 2.90 bits per heavy atom. The van der Waals surface area contributed by atoms with Crippen LogP contribution in [-0.2, 0) is 0 Å². The summed E-state index contributed by atoms with van der Waals surface area (Å²) in [5.74, 6) is 4.56. The molecule has 0 spiro atoms. The Labute approximate surface area is 66.8 Å². The Hall–Kier alpha value is -0.580. The van der Waals surface area contributed by atoms with Crippen LogP contribution < -0.4 is 11.3 Å². The van der Waals surface area contributed by atoms with Gasteiger partial charge in [0.1, 0.15) is 0 Å². The van der Waals surface area contributed by atoms with Gasteiger partial charge in [-0.3, -0.25) is 10.2 Å². The van der Waals surface area contributed by atoms with Crippen LogP contribution in [0.1, 0.15) is 10.4 Å². The monoisotopic (exact) mass is 176 g/mol. The molecular formula is C5H5ClN2OS. The van der Waals surface area contributed by atoms with Gasteiger partial charge in [0, 0.05) is 5.38 Å². The first-order valence-corrected chi connectivity index (χ1v) is 3.75. The standard InChI is InChI=1S/C5H5ClN2OS/c6-4-1-3(2-10-4)5(9)8-7/h1-2H,7H2,(H,8,9). The molecule has 1 rings (SSSR count). The molecule has 0 saturated carbocycles. The van der Waals surface area contributed by atoms with Crippen molar-refractivity contribution in [2.45, 2.75) is 0 Å². The normalized spacial score (nSPS) is 9.40. The van der Waals surface area contributed by atoms with Gasteiger partial charge in [-0.1, -0.05) is 11.6 Å². The molecule has 1 amide bonds. The van der Waals surface area contributed by atoms with Crippen LogP contribution in [0.3, 0.4) is 0 Å². The molecule has 0 unspecified atom stereocenters. The van der Waals surface area contributed by atoms with Gasteiger partial charge in [-0.05, 0) is 6.07 Å². The Kier molecular flexibility index (Phi) is 2.26. The number of nitrogen functional groups attached to an aromatic ring is 1. The van der Waals surface area contributed by atoms with Crippen molar-refractivity contribution in [3.05, 3.63) is 21.3 Å². The second kappa shape index (κ2) is 3.01. The fourth-order valence-electron chi connectivity index (χ4n) is 0.512. The number of halogens is 1. The van der Waals surface area contributed by atoms with Gasteiger partial charge >= 0.3 is 0 Å². The van der Waals surface area contributed by atoms with E-state index >= 15 is 0 Å². The fraction of sp³-hybridized carbons (Fsp3) is 0. The van der Waals surface area contributed by atoms with Gasteiger partial charge in [-0.25, -0.2) is 5.84 Å². The van der Waals surface area contributed by atoms with E-state index in [4.69, 9.17) is 17.4 Å². The third-order valence-corrected chi connectivity index (χ3v) is 2.05. The molecule has 0 saturated heterocycles. The lowest BCUT2D eigenvalue weighted by Gasteiger charge is -1.91. The smallest absolute Gasteiger partial charge is 0.266 e. The van der Waals surface area contributed by atoms with Crippen LogP contribution in [0.25, 0.3) is 0 Å². The van der Waals surface area contributed by atoms with Gasteiger partial charge in [0.2, 0.25) is 0 Å². The van der Waals surface area contributed by atoms with Gasteiger partial charge in [-0.2, -0.15) is 0 Å². The van der Waals surface area contributed by atoms with Crippen LogP contribution in [0, 0.1) is 0 Å². The van der Waals surface area contributed by atoms with Crippen LogP contribution in [0.4, 0.5) is 0 Å². The highest BCUT2D eigenvalue weighted by Gasteiger charge is 2.04. The lowest BCUT2D eigenvalue weighted by atomic mass is 10.3. The van der Waals surface area contributed by atoms with E-state index in [1.165, 1.54) is 11.3 Å². The van der Waals surface area contributed by atoms with Crippen molar-refractivity contribution in [2.24, 2.45) is 5.84 Å². The third-order valence-electron chi connectivity index (χ3n) is 0.961. The first-order valence-electron chi connectivity index (χ1n) is 2.49. The molecule has 1 heterocycles. The summed E-state index contributed by atoms with van der Waals surface area (Å²) in [5, 5.41) is 1.64. The van der Waals surface area contributed by atoms with Crippen LogP contribution in [0.15, 0.2) is 11.4 Å². The van der Waals surface area contributed by atoms with Crippen molar-refractivity contribution in [3.8, 4) is 0 Å². The molecule has 10 heavy (non-hydrogen) atoms. The molecule has 0 aliphatic heterocycles. The van der Waals surface area contributed by atoms with Crippen molar-refractivity contribution < 1.29 is 4.79 Å². The molecule has 5 heteroatoms. The Balaban J connectivity index is 2.85. The van der Waals surface area contributed by atoms with Gasteiger partial charge in [0.25, 0.3) is 5.91 Å². The van der Waals surface area contributed by atoms with Crippen LogP contribution in [0.2, 0.25) is 4.34 Å². The largest absolute Gasteiger partial charge is 0.290 e. The van der Waals surface area contributed by atoms with Crippen molar-refractivity contribution in [3.63, 3.8) is 0 Å². The molecule has 0 aliphatic rings. The molecule has 1 aromatic rings. The first kappa shape index (κ1) is 7.53. The summed E-state index contributed by atoms with van der Waals surface area (Å²) in [6.07, 6.45) is 0. The highest BCUT2D eigenvalue weighted by Crippen LogP contribution is 2.19. The lowest BCUT2D eigenvalue weighted by Crippen LogP contribution is -2.29. The lowest BCUT2D eigenvalue weighted by molar-refractivity contribution is 0.0954. The summed E-state index contributed by atoms with van der Waals surface area (Å²) < 4.78 is 0.582. The number of nitrogens with two attached hydrogens (primary N) is 1. The number of rotatable bonds is 1. The van der Waals surface area contributed by atoms with Crippen molar-refractivity contribution >= 4 is 28.8 Å². The minimum atomic E-state index is -0.317. The molecule has 3 nitrogen and oxygen atoms in total. The number of thiophene rings is 1. The minimum Gasteiger partial charge on any atom is -0.290 e. The topological polar surface area (TPSA) is 55.1 Å². The maximum Gasteiger partial charge on any atom is 0.266 e. The van der Waals surface area contributed by atoms with E-state index in [2.05, 4.69) is 0 Å². The number of amides is 1. The van der Waals surface area contributed by atoms with E-state index in [0.717, 1.165) is 0 Å². The van der Waals surface area contributed by atoms with E-state index in [-0.39, 0.29) is 5.91 Å². The average molecular weight is 177 g/mol. The molecule has 1 aromatic heterocycles. The summed E-state index contributed by atoms with van der Waals surface area (Å²) in [7, 11) is 0. The third kappa shape index (κ3) is 1.47. The SMILES string of the molecule is NNC(=O)c1csc(Cl)c1. The number of nitrogens with one attached hydrogen (secondary N) is 1. The number of carbonyl (C=O) groups excluding carboxylic acids is 1. The van der Waals surface area contributed by atoms with E-state index in [9.17, 15) is 4.79 Å². The summed E-state index contributed by atoms with van der Waals surface area (Å²) in [5.41, 5.74) is 2.50. The summed E-state index contributed by atoms with van der Waals surface area (Å²) in [4.78, 5) is 10.7. The van der Waals surface area contributed by atoms with E-state index in [1.54, 1.807) is 11.4 Å². The molecule has 0 fully saturated rings. The minimum absolute atomic E-state index is 0.317. The van der Waals surface area contributed by atoms with Crippen molar-refractivity contribution in [1.29, 1.82) is 0 Å². The Morgan fingerprint density at radius 2 is 2.50 bits per heavy atom. The van der Waals surface area contributed by atoms with E-state index in [0.29, 0.717) is 9.90 Å². The molecular weight excluding hydrogens is 172 g/mol. The fourth-order valence-corrected chi connectivity index (χ4v) is 1.37. The van der Waals surface area contributed by atoms with Crippen LogP contribution >= 0.6 is 22.9 Å². The van der Waals surface area contributed by atoms with Gasteiger partial charge < -0.3 is 0 Å². The zero-order chi connectivity index (χ0) is 7.56. The first-order chi connectivity index (χ1) is 4.74. The van der Waals surface area contributed by atoms with Crippen LogP contribution in [-0.4, -0.2) is 5.91 Å². The highest BCUT2D eigenvalue weighted by molar-refractivity contribution is 7.14. The van der Waals surface area contributed by atoms with Gasteiger partial charge in [0.15, 0.2) is 0 Å². The summed E-state index contributed by atoms with van der Waals surface area (Å²) >= 11 is 6.86. The quantitative estimate of drug-likeness (QED) is 0.381. The predicted octanol–water partition coefficient (Wildman–Crippen LogP) is 1.00. The Morgan fingerprint density at radius 1 is 1.80 bits per heavy atom. The molecule has 54 valence electrons. The molecule has 0 aromatic carbocycles. The second-order valence-corrected chi connectivity index (χ2v) is 3.16. The molecule has 0 atom stereocenters. The number of hydrogen-bond donors (Lipinski definition) is 2. The summed E-state index contributed by atoms with van der Waals surface area (Å²) in [6, 6.07) is 1.56.